The average Bonchev–Trinajstić information content (AvgIpc) is 2.00. The first-order valence-electron chi connectivity index (χ1n) is 5.17. The van der Waals surface area contributed by atoms with Crippen molar-refractivity contribution in [3.63, 3.8) is 0 Å². The summed E-state index contributed by atoms with van der Waals surface area (Å²) in [5, 5.41) is 3.96. The molecule has 0 aromatic rings. The van der Waals surface area contributed by atoms with E-state index in [4.69, 9.17) is 11.6 Å². The van der Waals surface area contributed by atoms with Crippen LogP contribution < -0.4 is 5.32 Å². The van der Waals surface area contributed by atoms with Crippen LogP contribution in [0.25, 0.3) is 0 Å². The van der Waals surface area contributed by atoms with Crippen LogP contribution in [-0.4, -0.2) is 18.5 Å². The monoisotopic (exact) mass is 189 g/mol. The lowest BCUT2D eigenvalue weighted by Crippen LogP contribution is -2.33. The molecule has 1 nitrogen and oxygen atoms in total. The largest absolute Gasteiger partial charge is 0.316 e. The lowest BCUT2D eigenvalue weighted by atomic mass is 9.85. The van der Waals surface area contributed by atoms with E-state index in [1.807, 2.05) is 0 Å². The zero-order valence-electron chi connectivity index (χ0n) is 7.98. The Morgan fingerprint density at radius 3 is 2.67 bits per heavy atom. The predicted molar refractivity (Wildman–Crippen MR) is 54.8 cm³/mol. The van der Waals surface area contributed by atoms with Crippen molar-refractivity contribution in [2.24, 2.45) is 5.92 Å². The summed E-state index contributed by atoms with van der Waals surface area (Å²) in [7, 11) is 0. The third-order valence-electron chi connectivity index (χ3n) is 2.57. The minimum Gasteiger partial charge on any atom is -0.316 e. The van der Waals surface area contributed by atoms with Crippen LogP contribution in [0.1, 0.15) is 39.0 Å². The molecule has 1 N–H and O–H groups in total. The number of unbranched alkanes of at least 4 members (excludes halogenated alkanes) is 2. The molecule has 1 saturated carbocycles. The van der Waals surface area contributed by atoms with Gasteiger partial charge in [0.05, 0.1) is 0 Å². The molecule has 0 heterocycles. The van der Waals surface area contributed by atoms with E-state index >= 15 is 0 Å². The summed E-state index contributed by atoms with van der Waals surface area (Å²) >= 11 is 5.88. The van der Waals surface area contributed by atoms with Crippen LogP contribution in [0.15, 0.2) is 0 Å². The Kier molecular flexibility index (Phi) is 5.01. The Morgan fingerprint density at radius 2 is 2.08 bits per heavy atom. The number of halogens is 1. The Hall–Kier alpha value is 0.250. The van der Waals surface area contributed by atoms with Crippen molar-refractivity contribution < 1.29 is 0 Å². The minimum absolute atomic E-state index is 0.479. The quantitative estimate of drug-likeness (QED) is 0.501. The van der Waals surface area contributed by atoms with Crippen molar-refractivity contribution in [1.82, 2.24) is 5.32 Å². The normalized spacial score (nSPS) is 28.5. The highest BCUT2D eigenvalue weighted by atomic mass is 35.5. The van der Waals surface area contributed by atoms with Gasteiger partial charge in [-0.2, -0.15) is 0 Å². The first-order chi connectivity index (χ1) is 5.83. The summed E-state index contributed by atoms with van der Waals surface area (Å²) in [6, 6.07) is 0. The van der Waals surface area contributed by atoms with E-state index < -0.39 is 0 Å². The average molecular weight is 190 g/mol. The molecule has 1 fully saturated rings. The molecule has 0 amide bonds. The molecule has 1 aliphatic rings. The molecule has 0 saturated heterocycles. The highest BCUT2D eigenvalue weighted by Gasteiger charge is 2.26. The Labute approximate surface area is 80.9 Å². The van der Waals surface area contributed by atoms with Gasteiger partial charge in [0.25, 0.3) is 0 Å². The molecule has 72 valence electrons. The summed E-state index contributed by atoms with van der Waals surface area (Å²) in [5.74, 6) is 0.870. The number of rotatable bonds is 6. The maximum atomic E-state index is 5.88. The summed E-state index contributed by atoms with van der Waals surface area (Å²) in [6.07, 6.45) is 6.45. The number of hydrogen-bond acceptors (Lipinski definition) is 1. The van der Waals surface area contributed by atoms with Crippen molar-refractivity contribution in [3.8, 4) is 0 Å². The summed E-state index contributed by atoms with van der Waals surface area (Å²) < 4.78 is 0. The van der Waals surface area contributed by atoms with Crippen LogP contribution >= 0.6 is 11.6 Å². The van der Waals surface area contributed by atoms with Gasteiger partial charge in [0.15, 0.2) is 0 Å². The first kappa shape index (κ1) is 10.3. The Morgan fingerprint density at radius 1 is 1.33 bits per heavy atom. The van der Waals surface area contributed by atoms with Crippen molar-refractivity contribution in [2.45, 2.75) is 44.4 Å². The summed E-state index contributed by atoms with van der Waals surface area (Å²) in [5.41, 5.74) is 0. The SMILES string of the molecule is CCCCCNCC1CC(Cl)C1. The molecule has 0 aliphatic heterocycles. The molecule has 0 atom stereocenters. The molecule has 0 aromatic heterocycles. The fourth-order valence-electron chi connectivity index (χ4n) is 1.63. The van der Waals surface area contributed by atoms with Gasteiger partial charge < -0.3 is 5.32 Å². The van der Waals surface area contributed by atoms with Crippen LogP contribution in [0.3, 0.4) is 0 Å². The van der Waals surface area contributed by atoms with Crippen LogP contribution in [0.5, 0.6) is 0 Å². The molecule has 1 rings (SSSR count). The molecular formula is C10H20ClN. The Bertz CT molecular complexity index is 110. The summed E-state index contributed by atoms with van der Waals surface area (Å²) in [4.78, 5) is 0. The van der Waals surface area contributed by atoms with Gasteiger partial charge in [-0.25, -0.2) is 0 Å². The van der Waals surface area contributed by atoms with Crippen molar-refractivity contribution >= 4 is 11.6 Å². The highest BCUT2D eigenvalue weighted by molar-refractivity contribution is 6.21. The van der Waals surface area contributed by atoms with E-state index in [1.54, 1.807) is 0 Å². The van der Waals surface area contributed by atoms with Gasteiger partial charge in [0.1, 0.15) is 0 Å². The smallest absolute Gasteiger partial charge is 0.0342 e. The number of hydrogen-bond donors (Lipinski definition) is 1. The van der Waals surface area contributed by atoms with E-state index in [-0.39, 0.29) is 0 Å². The van der Waals surface area contributed by atoms with E-state index in [1.165, 1.54) is 45.2 Å². The highest BCUT2D eigenvalue weighted by Crippen LogP contribution is 2.30. The van der Waals surface area contributed by atoms with E-state index in [2.05, 4.69) is 12.2 Å². The second-order valence-corrected chi connectivity index (χ2v) is 4.46. The lowest BCUT2D eigenvalue weighted by Gasteiger charge is -2.30. The van der Waals surface area contributed by atoms with E-state index in [0.717, 1.165) is 5.92 Å². The molecule has 0 aromatic carbocycles. The molecule has 2 heteroatoms. The molecule has 12 heavy (non-hydrogen) atoms. The van der Waals surface area contributed by atoms with E-state index in [9.17, 15) is 0 Å². The second-order valence-electron chi connectivity index (χ2n) is 3.85. The maximum absolute atomic E-state index is 5.88. The van der Waals surface area contributed by atoms with Crippen molar-refractivity contribution in [1.29, 1.82) is 0 Å². The zero-order chi connectivity index (χ0) is 8.81. The van der Waals surface area contributed by atoms with Crippen molar-refractivity contribution in [3.05, 3.63) is 0 Å². The second kappa shape index (κ2) is 5.82. The zero-order valence-corrected chi connectivity index (χ0v) is 8.74. The van der Waals surface area contributed by atoms with Gasteiger partial charge in [-0.05, 0) is 38.3 Å². The van der Waals surface area contributed by atoms with Crippen molar-refractivity contribution in [2.75, 3.05) is 13.1 Å². The molecule has 0 bridgehead atoms. The van der Waals surface area contributed by atoms with Crippen LogP contribution in [0.2, 0.25) is 0 Å². The summed E-state index contributed by atoms with van der Waals surface area (Å²) in [6.45, 7) is 4.62. The van der Waals surface area contributed by atoms with Gasteiger partial charge in [-0.15, -0.1) is 11.6 Å². The fraction of sp³-hybridized carbons (Fsp3) is 1.00. The van der Waals surface area contributed by atoms with Gasteiger partial charge >= 0.3 is 0 Å². The Balaban J connectivity index is 1.77. The van der Waals surface area contributed by atoms with Crippen LogP contribution in [0.4, 0.5) is 0 Å². The fourth-order valence-corrected chi connectivity index (χ4v) is 2.13. The lowest BCUT2D eigenvalue weighted by molar-refractivity contribution is 0.308. The van der Waals surface area contributed by atoms with Crippen LogP contribution in [0, 0.1) is 5.92 Å². The predicted octanol–water partition coefficient (Wildman–Crippen LogP) is 2.78. The van der Waals surface area contributed by atoms with Gasteiger partial charge in [0, 0.05) is 5.38 Å². The van der Waals surface area contributed by atoms with E-state index in [0.29, 0.717) is 5.38 Å². The van der Waals surface area contributed by atoms with Gasteiger partial charge in [-0.3, -0.25) is 0 Å². The molecule has 0 unspecified atom stereocenters. The number of nitrogens with one attached hydrogen (secondary N) is 1. The number of alkyl halides is 1. The third-order valence-corrected chi connectivity index (χ3v) is 2.92. The first-order valence-corrected chi connectivity index (χ1v) is 5.61. The molecule has 0 radical (unpaired) electrons. The standard InChI is InChI=1S/C10H20ClN/c1-2-3-4-5-12-8-9-6-10(11)7-9/h9-10,12H,2-8H2,1H3. The van der Waals surface area contributed by atoms with Crippen LogP contribution in [-0.2, 0) is 0 Å². The van der Waals surface area contributed by atoms with Gasteiger partial charge in [0.2, 0.25) is 0 Å². The minimum atomic E-state index is 0.479. The topological polar surface area (TPSA) is 12.0 Å². The van der Waals surface area contributed by atoms with Gasteiger partial charge in [-0.1, -0.05) is 19.8 Å². The maximum Gasteiger partial charge on any atom is 0.0342 e. The molecule has 0 spiro atoms. The molecule has 1 aliphatic carbocycles. The third kappa shape index (κ3) is 3.77. The molecular weight excluding hydrogens is 170 g/mol.